The lowest BCUT2D eigenvalue weighted by Crippen LogP contribution is -2.46. The van der Waals surface area contributed by atoms with Crippen LogP contribution in [0.4, 0.5) is 0 Å². The van der Waals surface area contributed by atoms with Crippen LogP contribution in [0.5, 0.6) is 11.5 Å². The maximum Gasteiger partial charge on any atom is 0.267 e. The zero-order chi connectivity index (χ0) is 20.9. The van der Waals surface area contributed by atoms with E-state index in [-0.39, 0.29) is 24.3 Å². The van der Waals surface area contributed by atoms with Crippen LogP contribution >= 0.6 is 0 Å². The number of hydrogen-bond donors (Lipinski definition) is 1. The van der Waals surface area contributed by atoms with Crippen LogP contribution in [0.2, 0.25) is 0 Å². The molecule has 1 aliphatic rings. The van der Waals surface area contributed by atoms with Crippen molar-refractivity contribution in [2.75, 3.05) is 19.7 Å². The Morgan fingerprint density at radius 3 is 2.73 bits per heavy atom. The Bertz CT molecular complexity index is 1070. The largest absolute Gasteiger partial charge is 0.488 e. The van der Waals surface area contributed by atoms with Crippen LogP contribution in [0.15, 0.2) is 60.8 Å². The van der Waals surface area contributed by atoms with Crippen LogP contribution in [0, 0.1) is 0 Å². The highest BCUT2D eigenvalue weighted by Gasteiger charge is 2.25. The molecule has 0 spiro atoms. The van der Waals surface area contributed by atoms with Crippen LogP contribution in [-0.4, -0.2) is 47.5 Å². The molecule has 1 atom stereocenters. The Kier molecular flexibility index (Phi) is 5.79. The number of nitrogens with two attached hydrogens (primary N) is 1. The van der Waals surface area contributed by atoms with Crippen molar-refractivity contribution < 1.29 is 19.1 Å². The first kappa shape index (κ1) is 19.7. The van der Waals surface area contributed by atoms with E-state index in [4.69, 9.17) is 15.2 Å². The second-order valence-corrected chi connectivity index (χ2v) is 7.26. The van der Waals surface area contributed by atoms with E-state index in [0.717, 1.165) is 23.6 Å². The average Bonchev–Trinajstić information content (AvgIpc) is 2.77. The highest BCUT2D eigenvalue weighted by Crippen LogP contribution is 2.22. The van der Waals surface area contributed by atoms with Crippen LogP contribution in [0.1, 0.15) is 23.3 Å². The summed E-state index contributed by atoms with van der Waals surface area (Å²) >= 11 is 0. The minimum Gasteiger partial charge on any atom is -0.488 e. The number of aromatic nitrogens is 1. The fourth-order valence-corrected chi connectivity index (χ4v) is 3.57. The van der Waals surface area contributed by atoms with E-state index < -0.39 is 5.91 Å². The number of carbonyl (C=O) groups excluding carboxylic acids is 2. The third-order valence-corrected chi connectivity index (χ3v) is 5.10. The summed E-state index contributed by atoms with van der Waals surface area (Å²) in [5.74, 6) is 0.504. The number of nitrogens with zero attached hydrogens (tertiary/aromatic N) is 2. The number of primary amides is 1. The van der Waals surface area contributed by atoms with Gasteiger partial charge in [-0.3, -0.25) is 14.6 Å². The third kappa shape index (κ3) is 4.68. The van der Waals surface area contributed by atoms with Crippen molar-refractivity contribution in [1.29, 1.82) is 0 Å². The molecule has 154 valence electrons. The summed E-state index contributed by atoms with van der Waals surface area (Å²) in [6.07, 6.45) is 2.98. The number of benzene rings is 2. The SMILES string of the molecule is NC(=O)c1cc(OC2CCCN(C(=O)COc3ccc4ccccc4c3)C2)ccn1. The van der Waals surface area contributed by atoms with Crippen LogP contribution in [0.25, 0.3) is 10.8 Å². The molecule has 0 aliphatic carbocycles. The van der Waals surface area contributed by atoms with Crippen molar-refractivity contribution >= 4 is 22.6 Å². The van der Waals surface area contributed by atoms with Crippen molar-refractivity contribution in [2.45, 2.75) is 18.9 Å². The van der Waals surface area contributed by atoms with Crippen LogP contribution in [-0.2, 0) is 4.79 Å². The Morgan fingerprint density at radius 1 is 1.07 bits per heavy atom. The monoisotopic (exact) mass is 405 g/mol. The molecule has 1 unspecified atom stereocenters. The van der Waals surface area contributed by atoms with Gasteiger partial charge in [0.1, 0.15) is 23.3 Å². The smallest absolute Gasteiger partial charge is 0.267 e. The molecule has 30 heavy (non-hydrogen) atoms. The Balaban J connectivity index is 1.33. The summed E-state index contributed by atoms with van der Waals surface area (Å²) in [6.45, 7) is 1.11. The summed E-state index contributed by atoms with van der Waals surface area (Å²) < 4.78 is 11.7. The molecule has 1 saturated heterocycles. The van der Waals surface area contributed by atoms with Gasteiger partial charge >= 0.3 is 0 Å². The normalized spacial score (nSPS) is 16.3. The lowest BCUT2D eigenvalue weighted by atomic mass is 10.1. The zero-order valence-electron chi connectivity index (χ0n) is 16.5. The van der Waals surface area contributed by atoms with Gasteiger partial charge in [0.2, 0.25) is 0 Å². The van der Waals surface area contributed by atoms with Gasteiger partial charge in [0, 0.05) is 18.8 Å². The van der Waals surface area contributed by atoms with Gasteiger partial charge < -0.3 is 20.1 Å². The van der Waals surface area contributed by atoms with Gasteiger partial charge in [0.15, 0.2) is 6.61 Å². The number of ether oxygens (including phenoxy) is 2. The molecule has 2 N–H and O–H groups in total. The molecule has 7 nitrogen and oxygen atoms in total. The summed E-state index contributed by atoms with van der Waals surface area (Å²) in [5.41, 5.74) is 5.42. The lowest BCUT2D eigenvalue weighted by molar-refractivity contribution is -0.136. The van der Waals surface area contributed by atoms with E-state index in [0.29, 0.717) is 24.6 Å². The van der Waals surface area contributed by atoms with E-state index in [1.165, 1.54) is 12.3 Å². The summed E-state index contributed by atoms with van der Waals surface area (Å²) in [5, 5.41) is 2.20. The number of fused-ring (bicyclic) bond motifs is 1. The molecule has 7 heteroatoms. The molecule has 1 fully saturated rings. The van der Waals surface area contributed by atoms with Gasteiger partial charge in [-0.25, -0.2) is 0 Å². The molecule has 2 aromatic carbocycles. The first-order valence-corrected chi connectivity index (χ1v) is 9.90. The zero-order valence-corrected chi connectivity index (χ0v) is 16.5. The number of likely N-dealkylation sites (tertiary alicyclic amines) is 1. The topological polar surface area (TPSA) is 94.8 Å². The van der Waals surface area contributed by atoms with E-state index in [2.05, 4.69) is 4.98 Å². The number of carbonyl (C=O) groups is 2. The molecule has 0 saturated carbocycles. The van der Waals surface area contributed by atoms with Crippen LogP contribution in [0.3, 0.4) is 0 Å². The first-order valence-electron chi connectivity index (χ1n) is 9.90. The molecular weight excluding hydrogens is 382 g/mol. The van der Waals surface area contributed by atoms with Gasteiger partial charge in [-0.05, 0) is 41.8 Å². The van der Waals surface area contributed by atoms with Crippen molar-refractivity contribution in [1.82, 2.24) is 9.88 Å². The second kappa shape index (κ2) is 8.82. The molecule has 2 heterocycles. The number of piperidine rings is 1. The predicted molar refractivity (Wildman–Crippen MR) is 112 cm³/mol. The van der Waals surface area contributed by atoms with Gasteiger partial charge in [-0.2, -0.15) is 0 Å². The Labute approximate surface area is 174 Å². The molecule has 1 aromatic heterocycles. The lowest BCUT2D eigenvalue weighted by Gasteiger charge is -2.32. The summed E-state index contributed by atoms with van der Waals surface area (Å²) in [7, 11) is 0. The minimum atomic E-state index is -0.605. The fraction of sp³-hybridized carbons (Fsp3) is 0.261. The fourth-order valence-electron chi connectivity index (χ4n) is 3.57. The number of rotatable bonds is 6. The Hall–Kier alpha value is -3.61. The molecule has 2 amide bonds. The highest BCUT2D eigenvalue weighted by molar-refractivity contribution is 5.91. The maximum absolute atomic E-state index is 12.7. The van der Waals surface area contributed by atoms with Gasteiger partial charge in [-0.1, -0.05) is 30.3 Å². The summed E-state index contributed by atoms with van der Waals surface area (Å²) in [6, 6.07) is 17.0. The van der Waals surface area contributed by atoms with E-state index in [1.54, 1.807) is 11.0 Å². The quantitative estimate of drug-likeness (QED) is 0.680. The van der Waals surface area contributed by atoms with Crippen molar-refractivity contribution in [3.63, 3.8) is 0 Å². The van der Waals surface area contributed by atoms with Crippen molar-refractivity contribution in [2.24, 2.45) is 5.73 Å². The molecule has 3 aromatic rings. The standard InChI is InChI=1S/C23H23N3O4/c24-23(28)21-13-19(9-10-25-21)30-20-6-3-11-26(14-20)22(27)15-29-18-8-7-16-4-1-2-5-17(16)12-18/h1-2,4-5,7-10,12-13,20H,3,6,11,14-15H2,(H2,24,28). The third-order valence-electron chi connectivity index (χ3n) is 5.10. The van der Waals surface area contributed by atoms with E-state index in [9.17, 15) is 9.59 Å². The maximum atomic E-state index is 12.7. The first-order chi connectivity index (χ1) is 14.6. The van der Waals surface area contributed by atoms with Crippen molar-refractivity contribution in [3.8, 4) is 11.5 Å². The van der Waals surface area contributed by atoms with Gasteiger partial charge in [-0.15, -0.1) is 0 Å². The molecule has 1 aliphatic heterocycles. The summed E-state index contributed by atoms with van der Waals surface area (Å²) in [4.78, 5) is 29.6. The van der Waals surface area contributed by atoms with Gasteiger partial charge in [0.25, 0.3) is 11.8 Å². The van der Waals surface area contributed by atoms with E-state index >= 15 is 0 Å². The number of amides is 2. The average molecular weight is 405 g/mol. The number of hydrogen-bond acceptors (Lipinski definition) is 5. The minimum absolute atomic E-state index is 0.0217. The molecule has 0 radical (unpaired) electrons. The molecule has 0 bridgehead atoms. The van der Waals surface area contributed by atoms with Crippen molar-refractivity contribution in [3.05, 3.63) is 66.5 Å². The highest BCUT2D eigenvalue weighted by atomic mass is 16.5. The Morgan fingerprint density at radius 2 is 1.90 bits per heavy atom. The molecule has 4 rings (SSSR count). The van der Waals surface area contributed by atoms with Gasteiger partial charge in [0.05, 0.1) is 6.54 Å². The number of pyridine rings is 1. The predicted octanol–water partition coefficient (Wildman–Crippen LogP) is 2.78. The van der Waals surface area contributed by atoms with Crippen LogP contribution < -0.4 is 15.2 Å². The molecular formula is C23H23N3O4. The second-order valence-electron chi connectivity index (χ2n) is 7.26. The van der Waals surface area contributed by atoms with E-state index in [1.807, 2.05) is 42.5 Å².